The predicted molar refractivity (Wildman–Crippen MR) is 79.5 cm³/mol. The Morgan fingerprint density at radius 3 is 2.55 bits per heavy atom. The normalized spacial score (nSPS) is 11.7. The molecule has 110 valence electrons. The summed E-state index contributed by atoms with van der Waals surface area (Å²) in [4.78, 5) is 23.2. The van der Waals surface area contributed by atoms with Crippen molar-refractivity contribution in [1.82, 2.24) is 5.32 Å². The molecule has 0 aliphatic carbocycles. The third-order valence-corrected chi connectivity index (χ3v) is 3.15. The number of carbonyl (C=O) groups excluding carboxylic acids is 2. The van der Waals surface area contributed by atoms with Crippen molar-refractivity contribution < 1.29 is 14.3 Å². The van der Waals surface area contributed by atoms with Gasteiger partial charge in [0, 0.05) is 19.0 Å². The maximum atomic E-state index is 12.1. The smallest absolute Gasteiger partial charge is 0.255 e. The number of benzene rings is 1. The molecular weight excluding hydrogens is 280 g/mol. The molecule has 1 aromatic rings. The predicted octanol–water partition coefficient (Wildman–Crippen LogP) is 2.84. The minimum Gasteiger partial charge on any atom is -0.496 e. The molecule has 1 atom stereocenters. The zero-order valence-electron chi connectivity index (χ0n) is 12.0. The highest BCUT2D eigenvalue weighted by Gasteiger charge is 2.17. The summed E-state index contributed by atoms with van der Waals surface area (Å²) in [5.41, 5.74) is 0.753. The first-order chi connectivity index (χ1) is 9.38. The molecule has 5 nitrogen and oxygen atoms in total. The minimum absolute atomic E-state index is 0.0565. The second-order valence-corrected chi connectivity index (χ2v) is 4.90. The molecule has 0 radical (unpaired) electrons. The zero-order valence-corrected chi connectivity index (χ0v) is 12.8. The molecule has 1 unspecified atom stereocenters. The van der Waals surface area contributed by atoms with E-state index < -0.39 is 0 Å². The Labute approximate surface area is 123 Å². The summed E-state index contributed by atoms with van der Waals surface area (Å²) in [6, 6.07) is 3.08. The van der Waals surface area contributed by atoms with Gasteiger partial charge in [-0.1, -0.05) is 18.5 Å². The molecule has 0 fully saturated rings. The van der Waals surface area contributed by atoms with Crippen LogP contribution in [0.2, 0.25) is 5.02 Å². The number of hydrogen-bond donors (Lipinski definition) is 2. The quantitative estimate of drug-likeness (QED) is 0.878. The number of rotatable bonds is 5. The number of amides is 2. The lowest BCUT2D eigenvalue weighted by Crippen LogP contribution is -2.32. The number of hydrogen-bond acceptors (Lipinski definition) is 3. The van der Waals surface area contributed by atoms with Crippen molar-refractivity contribution in [3.8, 4) is 5.75 Å². The van der Waals surface area contributed by atoms with Gasteiger partial charge in [-0.3, -0.25) is 9.59 Å². The van der Waals surface area contributed by atoms with Gasteiger partial charge in [-0.15, -0.1) is 0 Å². The van der Waals surface area contributed by atoms with Gasteiger partial charge < -0.3 is 15.4 Å². The summed E-state index contributed by atoms with van der Waals surface area (Å²) < 4.78 is 5.19. The van der Waals surface area contributed by atoms with E-state index in [2.05, 4.69) is 10.6 Å². The van der Waals surface area contributed by atoms with Gasteiger partial charge in [0.2, 0.25) is 5.91 Å². The fourth-order valence-corrected chi connectivity index (χ4v) is 1.80. The summed E-state index contributed by atoms with van der Waals surface area (Å²) in [5.74, 6) is -0.141. The molecule has 6 heteroatoms. The van der Waals surface area contributed by atoms with Gasteiger partial charge in [0.05, 0.1) is 23.4 Å². The van der Waals surface area contributed by atoms with Crippen LogP contribution in [-0.2, 0) is 4.79 Å². The van der Waals surface area contributed by atoms with Crippen LogP contribution in [0.15, 0.2) is 12.1 Å². The van der Waals surface area contributed by atoms with Crippen LogP contribution >= 0.6 is 11.6 Å². The Kier molecular flexibility index (Phi) is 5.82. The maximum Gasteiger partial charge on any atom is 0.255 e. The van der Waals surface area contributed by atoms with Crippen LogP contribution in [0.3, 0.4) is 0 Å². The summed E-state index contributed by atoms with van der Waals surface area (Å²) in [6.07, 6.45) is 0.825. The Morgan fingerprint density at radius 1 is 1.40 bits per heavy atom. The number of halogens is 1. The molecule has 0 saturated carbocycles. The van der Waals surface area contributed by atoms with Crippen molar-refractivity contribution in [1.29, 1.82) is 0 Å². The van der Waals surface area contributed by atoms with E-state index in [0.717, 1.165) is 6.42 Å². The lowest BCUT2D eigenvalue weighted by molar-refractivity contribution is -0.114. The van der Waals surface area contributed by atoms with Gasteiger partial charge >= 0.3 is 0 Å². The molecule has 1 rings (SSSR count). The molecule has 0 heterocycles. The van der Waals surface area contributed by atoms with Crippen molar-refractivity contribution in [2.75, 3.05) is 12.4 Å². The Bertz CT molecular complexity index is 517. The number of carbonyl (C=O) groups is 2. The summed E-state index contributed by atoms with van der Waals surface area (Å²) in [7, 11) is 1.46. The van der Waals surface area contributed by atoms with E-state index in [1.807, 2.05) is 13.8 Å². The lowest BCUT2D eigenvalue weighted by atomic mass is 10.1. The van der Waals surface area contributed by atoms with Crippen molar-refractivity contribution in [2.45, 2.75) is 33.2 Å². The molecule has 20 heavy (non-hydrogen) atoms. The van der Waals surface area contributed by atoms with Crippen LogP contribution in [0.4, 0.5) is 5.69 Å². The number of methoxy groups -OCH3 is 1. The van der Waals surface area contributed by atoms with E-state index in [0.29, 0.717) is 17.0 Å². The Morgan fingerprint density at radius 2 is 2.05 bits per heavy atom. The van der Waals surface area contributed by atoms with Crippen molar-refractivity contribution >= 4 is 29.1 Å². The first-order valence-corrected chi connectivity index (χ1v) is 6.72. The second-order valence-electron chi connectivity index (χ2n) is 4.50. The van der Waals surface area contributed by atoms with Gasteiger partial charge in [-0.25, -0.2) is 0 Å². The molecule has 2 amide bonds. The molecule has 0 spiro atoms. The molecule has 0 aliphatic rings. The number of ether oxygens (including phenoxy) is 1. The lowest BCUT2D eigenvalue weighted by Gasteiger charge is -2.15. The van der Waals surface area contributed by atoms with Crippen LogP contribution in [0.5, 0.6) is 5.75 Å². The van der Waals surface area contributed by atoms with E-state index in [9.17, 15) is 9.59 Å². The standard InChI is InChI=1S/C14H19ClN2O3/c1-5-8(2)16-14(19)10-6-11(15)12(17-9(3)18)7-13(10)20-4/h6-8H,5H2,1-4H3,(H,16,19)(H,17,18). The molecule has 2 N–H and O–H groups in total. The molecule has 0 aliphatic heterocycles. The number of nitrogens with one attached hydrogen (secondary N) is 2. The Hall–Kier alpha value is -1.75. The van der Waals surface area contributed by atoms with Crippen LogP contribution in [0.1, 0.15) is 37.6 Å². The van der Waals surface area contributed by atoms with Crippen LogP contribution in [-0.4, -0.2) is 25.0 Å². The van der Waals surface area contributed by atoms with E-state index >= 15 is 0 Å². The van der Waals surface area contributed by atoms with Gasteiger partial charge in [0.15, 0.2) is 0 Å². The van der Waals surface area contributed by atoms with Crippen LogP contribution < -0.4 is 15.4 Å². The minimum atomic E-state index is -0.257. The van der Waals surface area contributed by atoms with E-state index in [4.69, 9.17) is 16.3 Å². The summed E-state index contributed by atoms with van der Waals surface area (Å²) >= 11 is 6.07. The molecule has 0 saturated heterocycles. The van der Waals surface area contributed by atoms with Crippen molar-refractivity contribution in [2.24, 2.45) is 0 Å². The molecule has 0 bridgehead atoms. The van der Waals surface area contributed by atoms with Gasteiger partial charge in [0.1, 0.15) is 5.75 Å². The van der Waals surface area contributed by atoms with E-state index in [1.54, 1.807) is 0 Å². The fraction of sp³-hybridized carbons (Fsp3) is 0.429. The Balaban J connectivity index is 3.11. The number of anilines is 1. The SMILES string of the molecule is CCC(C)NC(=O)c1cc(Cl)c(NC(C)=O)cc1OC. The monoisotopic (exact) mass is 298 g/mol. The average molecular weight is 299 g/mol. The first kappa shape index (κ1) is 16.3. The van der Waals surface area contributed by atoms with Gasteiger partial charge in [0.25, 0.3) is 5.91 Å². The summed E-state index contributed by atoms with van der Waals surface area (Å²) in [6.45, 7) is 5.28. The molecule has 1 aromatic carbocycles. The topological polar surface area (TPSA) is 67.4 Å². The third-order valence-electron chi connectivity index (χ3n) is 2.83. The summed E-state index contributed by atoms with van der Waals surface area (Å²) in [5, 5.41) is 5.71. The van der Waals surface area contributed by atoms with Gasteiger partial charge in [-0.2, -0.15) is 0 Å². The fourth-order valence-electron chi connectivity index (χ4n) is 1.59. The first-order valence-electron chi connectivity index (χ1n) is 6.35. The molecular formula is C14H19ClN2O3. The van der Waals surface area contributed by atoms with Crippen LogP contribution in [0.25, 0.3) is 0 Å². The highest BCUT2D eigenvalue weighted by molar-refractivity contribution is 6.34. The zero-order chi connectivity index (χ0) is 15.3. The third kappa shape index (κ3) is 4.13. The van der Waals surface area contributed by atoms with Crippen molar-refractivity contribution in [3.05, 3.63) is 22.7 Å². The highest BCUT2D eigenvalue weighted by Crippen LogP contribution is 2.31. The van der Waals surface area contributed by atoms with Gasteiger partial charge in [-0.05, 0) is 19.4 Å². The average Bonchev–Trinajstić information content (AvgIpc) is 2.39. The maximum absolute atomic E-state index is 12.1. The highest BCUT2D eigenvalue weighted by atomic mass is 35.5. The van der Waals surface area contributed by atoms with Crippen molar-refractivity contribution in [3.63, 3.8) is 0 Å². The molecule has 0 aromatic heterocycles. The largest absolute Gasteiger partial charge is 0.496 e. The van der Waals surface area contributed by atoms with E-state index in [1.165, 1.54) is 26.2 Å². The second kappa shape index (κ2) is 7.14. The van der Waals surface area contributed by atoms with E-state index in [-0.39, 0.29) is 22.9 Å². The van der Waals surface area contributed by atoms with Crippen LogP contribution in [0, 0.1) is 0 Å².